The average Bonchev–Trinajstić information content (AvgIpc) is 2.93. The van der Waals surface area contributed by atoms with E-state index < -0.39 is 0 Å². The number of rotatable bonds is 6. The molecule has 0 spiro atoms. The van der Waals surface area contributed by atoms with Crippen molar-refractivity contribution in [2.24, 2.45) is 5.92 Å². The predicted octanol–water partition coefficient (Wildman–Crippen LogP) is 2.72. The lowest BCUT2D eigenvalue weighted by atomic mass is 9.97. The molecule has 0 aromatic carbocycles. The highest BCUT2D eigenvalue weighted by molar-refractivity contribution is 5.21. The van der Waals surface area contributed by atoms with Gasteiger partial charge in [0.25, 0.3) is 0 Å². The highest BCUT2D eigenvalue weighted by Gasteiger charge is 2.20. The lowest BCUT2D eigenvalue weighted by molar-refractivity contribution is 0.367. The Morgan fingerprint density at radius 2 is 2.06 bits per heavy atom. The maximum Gasteiger partial charge on any atom is 0.236 e. The lowest BCUT2D eigenvalue weighted by Crippen LogP contribution is -2.19. The zero-order valence-electron chi connectivity index (χ0n) is 11.4. The molecular weight excluding hydrogens is 226 g/mol. The summed E-state index contributed by atoms with van der Waals surface area (Å²) in [6, 6.07) is 0.245. The van der Waals surface area contributed by atoms with Crippen molar-refractivity contribution in [2.75, 3.05) is 14.2 Å². The molecule has 1 atom stereocenters. The van der Waals surface area contributed by atoms with Crippen LogP contribution in [0.5, 0.6) is 5.88 Å². The van der Waals surface area contributed by atoms with E-state index in [9.17, 15) is 0 Å². The van der Waals surface area contributed by atoms with Crippen LogP contribution in [0, 0.1) is 5.92 Å². The number of methoxy groups -OCH3 is 1. The van der Waals surface area contributed by atoms with E-state index in [1.165, 1.54) is 32.1 Å². The maximum absolute atomic E-state index is 5.29. The van der Waals surface area contributed by atoms with Gasteiger partial charge in [-0.2, -0.15) is 0 Å². The molecule has 0 bridgehead atoms. The van der Waals surface area contributed by atoms with Crippen LogP contribution in [0.15, 0.2) is 12.4 Å². The molecule has 1 aromatic rings. The first-order valence-electron chi connectivity index (χ1n) is 6.87. The number of hydrogen-bond donors (Lipinski definition) is 1. The molecule has 1 aliphatic rings. The van der Waals surface area contributed by atoms with Crippen molar-refractivity contribution in [3.63, 3.8) is 0 Å². The first-order valence-corrected chi connectivity index (χ1v) is 6.87. The Balaban J connectivity index is 1.98. The molecule has 1 saturated carbocycles. The second kappa shape index (κ2) is 6.69. The molecule has 1 fully saturated rings. The Morgan fingerprint density at radius 3 is 2.72 bits per heavy atom. The van der Waals surface area contributed by atoms with Crippen molar-refractivity contribution in [2.45, 2.75) is 44.6 Å². The second-order valence-corrected chi connectivity index (χ2v) is 5.02. The third-order valence-corrected chi connectivity index (χ3v) is 3.90. The number of ether oxygens (including phenoxy) is 1. The Hall–Kier alpha value is -1.16. The van der Waals surface area contributed by atoms with Gasteiger partial charge in [0.1, 0.15) is 5.69 Å². The van der Waals surface area contributed by atoms with Crippen molar-refractivity contribution in [1.29, 1.82) is 0 Å². The van der Waals surface area contributed by atoms with Gasteiger partial charge < -0.3 is 10.1 Å². The van der Waals surface area contributed by atoms with Crippen LogP contribution in [0.1, 0.15) is 50.3 Å². The van der Waals surface area contributed by atoms with Crippen LogP contribution in [0.3, 0.4) is 0 Å². The molecule has 1 aromatic heterocycles. The van der Waals surface area contributed by atoms with Crippen molar-refractivity contribution < 1.29 is 4.74 Å². The number of aromatic nitrogens is 2. The molecule has 1 heterocycles. The molecule has 4 heteroatoms. The van der Waals surface area contributed by atoms with Gasteiger partial charge in [-0.15, -0.1) is 0 Å². The van der Waals surface area contributed by atoms with E-state index in [2.05, 4.69) is 15.3 Å². The summed E-state index contributed by atoms with van der Waals surface area (Å²) in [5.74, 6) is 1.55. The number of nitrogens with one attached hydrogen (secondary N) is 1. The first kappa shape index (κ1) is 13.3. The largest absolute Gasteiger partial charge is 0.480 e. The van der Waals surface area contributed by atoms with E-state index in [0.717, 1.165) is 18.0 Å². The van der Waals surface area contributed by atoms with Gasteiger partial charge in [0.15, 0.2) is 0 Å². The Labute approximate surface area is 109 Å². The Kier molecular flexibility index (Phi) is 4.93. The van der Waals surface area contributed by atoms with Crippen LogP contribution in [0.25, 0.3) is 0 Å². The number of nitrogens with zero attached hydrogens (tertiary/aromatic N) is 2. The van der Waals surface area contributed by atoms with E-state index >= 15 is 0 Å². The molecule has 2 rings (SSSR count). The van der Waals surface area contributed by atoms with E-state index in [1.54, 1.807) is 19.5 Å². The summed E-state index contributed by atoms with van der Waals surface area (Å²) in [5.41, 5.74) is 0.931. The standard InChI is InChI=1S/C14H23N3O/c1-15-12(8-7-11-5-3-4-6-11)13-14(18-2)17-10-9-16-13/h9-12,15H,3-8H2,1-2H3. The van der Waals surface area contributed by atoms with Gasteiger partial charge in [0.05, 0.1) is 13.2 Å². The smallest absolute Gasteiger partial charge is 0.236 e. The van der Waals surface area contributed by atoms with E-state index in [4.69, 9.17) is 4.74 Å². The molecule has 100 valence electrons. The highest BCUT2D eigenvalue weighted by atomic mass is 16.5. The molecule has 0 saturated heterocycles. The van der Waals surface area contributed by atoms with E-state index in [1.807, 2.05) is 7.05 Å². The second-order valence-electron chi connectivity index (χ2n) is 5.02. The van der Waals surface area contributed by atoms with Crippen LogP contribution >= 0.6 is 0 Å². The molecule has 1 aliphatic carbocycles. The minimum atomic E-state index is 0.245. The SMILES string of the molecule is CNC(CCC1CCCC1)c1nccnc1OC. The fourth-order valence-electron chi connectivity index (χ4n) is 2.85. The average molecular weight is 249 g/mol. The molecule has 1 unspecified atom stereocenters. The van der Waals surface area contributed by atoms with Gasteiger partial charge in [-0.05, 0) is 25.8 Å². The molecule has 0 amide bonds. The third-order valence-electron chi connectivity index (χ3n) is 3.90. The predicted molar refractivity (Wildman–Crippen MR) is 71.6 cm³/mol. The van der Waals surface area contributed by atoms with Crippen LogP contribution in [-0.2, 0) is 0 Å². The van der Waals surface area contributed by atoms with Crippen molar-refractivity contribution in [3.05, 3.63) is 18.1 Å². The summed E-state index contributed by atoms with van der Waals surface area (Å²) < 4.78 is 5.29. The summed E-state index contributed by atoms with van der Waals surface area (Å²) in [6.07, 6.45) is 11.4. The minimum Gasteiger partial charge on any atom is -0.480 e. The van der Waals surface area contributed by atoms with Gasteiger partial charge in [-0.1, -0.05) is 25.7 Å². The molecule has 0 radical (unpaired) electrons. The summed E-state index contributed by atoms with van der Waals surface area (Å²) in [4.78, 5) is 8.64. The molecule has 0 aliphatic heterocycles. The fourth-order valence-corrected chi connectivity index (χ4v) is 2.85. The molecule has 1 N–H and O–H groups in total. The summed E-state index contributed by atoms with van der Waals surface area (Å²) in [5, 5.41) is 3.33. The molecular formula is C14H23N3O. The summed E-state index contributed by atoms with van der Waals surface area (Å²) in [6.45, 7) is 0. The van der Waals surface area contributed by atoms with Gasteiger partial charge in [-0.3, -0.25) is 4.98 Å². The summed E-state index contributed by atoms with van der Waals surface area (Å²) in [7, 11) is 3.63. The quantitative estimate of drug-likeness (QED) is 0.842. The topological polar surface area (TPSA) is 47.0 Å². The Bertz CT molecular complexity index is 364. The minimum absolute atomic E-state index is 0.245. The van der Waals surface area contributed by atoms with Crippen LogP contribution < -0.4 is 10.1 Å². The molecule has 4 nitrogen and oxygen atoms in total. The zero-order valence-corrected chi connectivity index (χ0v) is 11.4. The van der Waals surface area contributed by atoms with Gasteiger partial charge in [0.2, 0.25) is 5.88 Å². The van der Waals surface area contributed by atoms with Gasteiger partial charge >= 0.3 is 0 Å². The van der Waals surface area contributed by atoms with E-state index in [0.29, 0.717) is 5.88 Å². The van der Waals surface area contributed by atoms with Crippen molar-refractivity contribution >= 4 is 0 Å². The molecule has 18 heavy (non-hydrogen) atoms. The van der Waals surface area contributed by atoms with Gasteiger partial charge in [-0.25, -0.2) is 4.98 Å². The number of hydrogen-bond acceptors (Lipinski definition) is 4. The maximum atomic E-state index is 5.29. The normalized spacial score (nSPS) is 17.9. The Morgan fingerprint density at radius 1 is 1.33 bits per heavy atom. The zero-order chi connectivity index (χ0) is 12.8. The monoisotopic (exact) mass is 249 g/mol. The fraction of sp³-hybridized carbons (Fsp3) is 0.714. The van der Waals surface area contributed by atoms with Gasteiger partial charge in [0, 0.05) is 12.4 Å². The van der Waals surface area contributed by atoms with E-state index in [-0.39, 0.29) is 6.04 Å². The first-order chi connectivity index (χ1) is 8.85. The van der Waals surface area contributed by atoms with Crippen LogP contribution in [0.2, 0.25) is 0 Å². The third kappa shape index (κ3) is 3.19. The van der Waals surface area contributed by atoms with Crippen molar-refractivity contribution in [1.82, 2.24) is 15.3 Å². The summed E-state index contributed by atoms with van der Waals surface area (Å²) >= 11 is 0. The van der Waals surface area contributed by atoms with Crippen molar-refractivity contribution in [3.8, 4) is 5.88 Å². The van der Waals surface area contributed by atoms with Crippen LogP contribution in [-0.4, -0.2) is 24.1 Å². The van der Waals surface area contributed by atoms with Crippen LogP contribution in [0.4, 0.5) is 0 Å². The lowest BCUT2D eigenvalue weighted by Gasteiger charge is -2.19. The highest BCUT2D eigenvalue weighted by Crippen LogP contribution is 2.32.